The zero-order valence-electron chi connectivity index (χ0n) is 10.8. The Morgan fingerprint density at radius 1 is 1.24 bits per heavy atom. The Balaban J connectivity index is 2.95. The van der Waals surface area contributed by atoms with Crippen LogP contribution in [0.1, 0.15) is 40.0 Å². The molecule has 1 aliphatic heterocycles. The lowest BCUT2D eigenvalue weighted by molar-refractivity contribution is -0.198. The lowest BCUT2D eigenvalue weighted by Crippen LogP contribution is -2.55. The van der Waals surface area contributed by atoms with Crippen molar-refractivity contribution in [3.8, 4) is 0 Å². The first-order valence-electron chi connectivity index (χ1n) is 6.24. The molecule has 1 saturated heterocycles. The monoisotopic (exact) mass is 243 g/mol. The molecule has 0 radical (unpaired) electrons. The molecular weight excluding hydrogens is 222 g/mol. The highest BCUT2D eigenvalue weighted by Gasteiger charge is 2.51. The summed E-state index contributed by atoms with van der Waals surface area (Å²) in [6.45, 7) is 6.58. The van der Waals surface area contributed by atoms with E-state index in [4.69, 9.17) is 9.47 Å². The van der Waals surface area contributed by atoms with Crippen LogP contribution in [0.3, 0.4) is 0 Å². The molecule has 1 fully saturated rings. The highest BCUT2D eigenvalue weighted by molar-refractivity contribution is 5.87. The van der Waals surface area contributed by atoms with Crippen molar-refractivity contribution in [1.29, 1.82) is 0 Å². The molecule has 1 atom stereocenters. The Bertz CT molecular complexity index is 292. The summed E-state index contributed by atoms with van der Waals surface area (Å²) >= 11 is 0. The van der Waals surface area contributed by atoms with Gasteiger partial charge in [-0.3, -0.25) is 4.79 Å². The third-order valence-electron chi connectivity index (χ3n) is 2.91. The summed E-state index contributed by atoms with van der Waals surface area (Å²) in [5.74, 6) is -0.509. The number of nitrogens with zero attached hydrogens (tertiary/aromatic N) is 1. The van der Waals surface area contributed by atoms with Gasteiger partial charge in [-0.25, -0.2) is 4.79 Å². The van der Waals surface area contributed by atoms with E-state index in [9.17, 15) is 9.59 Å². The highest BCUT2D eigenvalue weighted by atomic mass is 16.6. The van der Waals surface area contributed by atoms with Gasteiger partial charge >= 0.3 is 5.97 Å². The lowest BCUT2D eigenvalue weighted by atomic mass is 10.1. The van der Waals surface area contributed by atoms with Gasteiger partial charge in [0.15, 0.2) is 0 Å². The highest BCUT2D eigenvalue weighted by Crippen LogP contribution is 2.32. The maximum atomic E-state index is 12.0. The van der Waals surface area contributed by atoms with Crippen LogP contribution in [0.2, 0.25) is 0 Å². The standard InChI is InChI=1S/C12H21NO4/c1-4-10(14)13-9-7-8-12(13,17-6-3)11(15)16-5-2/h4-9H2,1-3H3/t12-/m1/s1. The van der Waals surface area contributed by atoms with Gasteiger partial charge in [0.05, 0.1) is 6.61 Å². The molecule has 0 aromatic carbocycles. The molecule has 1 rings (SSSR count). The number of amides is 1. The number of ether oxygens (including phenoxy) is 2. The van der Waals surface area contributed by atoms with Gasteiger partial charge in [0.2, 0.25) is 11.6 Å². The molecule has 1 aliphatic rings. The van der Waals surface area contributed by atoms with Gasteiger partial charge in [0.1, 0.15) is 0 Å². The van der Waals surface area contributed by atoms with E-state index >= 15 is 0 Å². The summed E-state index contributed by atoms with van der Waals surface area (Å²) in [5, 5.41) is 0. The Kier molecular flexibility index (Phi) is 4.93. The second-order valence-corrected chi connectivity index (χ2v) is 3.94. The first-order chi connectivity index (χ1) is 8.12. The fraction of sp³-hybridized carbons (Fsp3) is 0.833. The van der Waals surface area contributed by atoms with Gasteiger partial charge in [-0.1, -0.05) is 6.92 Å². The zero-order chi connectivity index (χ0) is 12.9. The van der Waals surface area contributed by atoms with Gasteiger partial charge in [-0.15, -0.1) is 0 Å². The molecule has 0 aromatic heterocycles. The van der Waals surface area contributed by atoms with E-state index in [1.54, 1.807) is 13.8 Å². The van der Waals surface area contributed by atoms with Gasteiger partial charge < -0.3 is 14.4 Å². The molecule has 98 valence electrons. The van der Waals surface area contributed by atoms with Gasteiger partial charge in [0.25, 0.3) is 0 Å². The molecule has 0 saturated carbocycles. The number of carbonyl (C=O) groups is 2. The SMILES string of the molecule is CCOC(=O)[C@]1(OCC)CCCN1C(=O)CC. The maximum absolute atomic E-state index is 12.0. The second-order valence-electron chi connectivity index (χ2n) is 3.94. The first kappa shape index (κ1) is 14.0. The van der Waals surface area contributed by atoms with Crippen LogP contribution in [0.4, 0.5) is 0 Å². The minimum absolute atomic E-state index is 0.0657. The van der Waals surface area contributed by atoms with Crippen LogP contribution in [-0.4, -0.2) is 42.3 Å². The van der Waals surface area contributed by atoms with Crippen LogP contribution in [0.25, 0.3) is 0 Å². The normalized spacial score (nSPS) is 23.8. The summed E-state index contributed by atoms with van der Waals surface area (Å²) in [6, 6.07) is 0. The third kappa shape index (κ3) is 2.60. The summed E-state index contributed by atoms with van der Waals surface area (Å²) in [5.41, 5.74) is -1.18. The van der Waals surface area contributed by atoms with E-state index in [0.717, 1.165) is 6.42 Å². The first-order valence-corrected chi connectivity index (χ1v) is 6.24. The number of rotatable bonds is 5. The number of esters is 1. The van der Waals surface area contributed by atoms with Gasteiger partial charge in [-0.2, -0.15) is 0 Å². The van der Waals surface area contributed by atoms with Crippen LogP contribution in [0.5, 0.6) is 0 Å². The fourth-order valence-corrected chi connectivity index (χ4v) is 2.21. The number of hydrogen-bond donors (Lipinski definition) is 0. The average molecular weight is 243 g/mol. The summed E-state index contributed by atoms with van der Waals surface area (Å²) in [7, 11) is 0. The predicted octanol–water partition coefficient (Wildman–Crippen LogP) is 1.31. The molecule has 0 bridgehead atoms. The molecular formula is C12H21NO4. The Hall–Kier alpha value is -1.10. The van der Waals surface area contributed by atoms with Crippen molar-refractivity contribution in [3.63, 3.8) is 0 Å². The molecule has 5 heteroatoms. The van der Waals surface area contributed by atoms with Gasteiger partial charge in [-0.05, 0) is 20.3 Å². The topological polar surface area (TPSA) is 55.8 Å². The van der Waals surface area contributed by atoms with Crippen molar-refractivity contribution in [2.24, 2.45) is 0 Å². The Morgan fingerprint density at radius 2 is 1.94 bits per heavy atom. The summed E-state index contributed by atoms with van der Waals surface area (Å²) in [4.78, 5) is 25.4. The quantitative estimate of drug-likeness (QED) is 0.683. The van der Waals surface area contributed by atoms with Crippen molar-refractivity contribution in [2.45, 2.75) is 45.8 Å². The van der Waals surface area contributed by atoms with E-state index < -0.39 is 11.7 Å². The largest absolute Gasteiger partial charge is 0.462 e. The Morgan fingerprint density at radius 3 is 2.47 bits per heavy atom. The average Bonchev–Trinajstić information content (AvgIpc) is 2.74. The molecule has 0 aliphatic carbocycles. The molecule has 0 aromatic rings. The van der Waals surface area contributed by atoms with Crippen molar-refractivity contribution < 1.29 is 19.1 Å². The smallest absolute Gasteiger partial charge is 0.360 e. The summed E-state index contributed by atoms with van der Waals surface area (Å²) in [6.07, 6.45) is 1.66. The van der Waals surface area contributed by atoms with Crippen LogP contribution >= 0.6 is 0 Å². The molecule has 1 amide bonds. The van der Waals surface area contributed by atoms with E-state index in [1.807, 2.05) is 6.92 Å². The third-order valence-corrected chi connectivity index (χ3v) is 2.91. The molecule has 1 heterocycles. The van der Waals surface area contributed by atoms with Crippen molar-refractivity contribution in [2.75, 3.05) is 19.8 Å². The number of carbonyl (C=O) groups excluding carboxylic acids is 2. The zero-order valence-corrected chi connectivity index (χ0v) is 10.8. The fourth-order valence-electron chi connectivity index (χ4n) is 2.21. The molecule has 0 spiro atoms. The maximum Gasteiger partial charge on any atom is 0.360 e. The predicted molar refractivity (Wildman–Crippen MR) is 62.2 cm³/mol. The van der Waals surface area contributed by atoms with Crippen molar-refractivity contribution >= 4 is 11.9 Å². The summed E-state index contributed by atoms with van der Waals surface area (Å²) < 4.78 is 10.6. The van der Waals surface area contributed by atoms with E-state index in [1.165, 1.54) is 4.90 Å². The minimum Gasteiger partial charge on any atom is -0.462 e. The van der Waals surface area contributed by atoms with Crippen molar-refractivity contribution in [3.05, 3.63) is 0 Å². The van der Waals surface area contributed by atoms with Crippen LogP contribution in [0, 0.1) is 0 Å². The number of hydrogen-bond acceptors (Lipinski definition) is 4. The van der Waals surface area contributed by atoms with E-state index in [2.05, 4.69) is 0 Å². The van der Waals surface area contributed by atoms with E-state index in [-0.39, 0.29) is 5.91 Å². The number of likely N-dealkylation sites (tertiary alicyclic amines) is 1. The molecule has 0 unspecified atom stereocenters. The second kappa shape index (κ2) is 6.00. The van der Waals surface area contributed by atoms with Crippen molar-refractivity contribution in [1.82, 2.24) is 4.90 Å². The molecule has 17 heavy (non-hydrogen) atoms. The van der Waals surface area contributed by atoms with Crippen LogP contribution < -0.4 is 0 Å². The molecule has 0 N–H and O–H groups in total. The van der Waals surface area contributed by atoms with E-state index in [0.29, 0.717) is 32.6 Å². The Labute approximate surface area is 102 Å². The van der Waals surface area contributed by atoms with Gasteiger partial charge in [0, 0.05) is 26.0 Å². The van der Waals surface area contributed by atoms with Crippen LogP contribution in [0.15, 0.2) is 0 Å². The van der Waals surface area contributed by atoms with Crippen LogP contribution in [-0.2, 0) is 19.1 Å². The lowest BCUT2D eigenvalue weighted by Gasteiger charge is -2.35. The minimum atomic E-state index is -1.18. The molecule has 5 nitrogen and oxygen atoms in total.